The molecule has 0 aromatic heterocycles. The number of piperidine rings is 1. The van der Waals surface area contributed by atoms with E-state index in [1.54, 1.807) is 4.90 Å². The molecule has 0 aromatic rings. The molecule has 4 nitrogen and oxygen atoms in total. The number of hydrogen-bond donors (Lipinski definition) is 0. The molecule has 0 radical (unpaired) electrons. The molecule has 1 heterocycles. The fourth-order valence-corrected chi connectivity index (χ4v) is 2.92. The quantitative estimate of drug-likeness (QED) is 0.792. The highest BCUT2D eigenvalue weighted by Crippen LogP contribution is 2.21. The smallest absolute Gasteiger partial charge is 0.410 e. The lowest BCUT2D eigenvalue weighted by atomic mass is 10.0. The van der Waals surface area contributed by atoms with Gasteiger partial charge in [0.2, 0.25) is 0 Å². The molecule has 0 aliphatic carbocycles. The summed E-state index contributed by atoms with van der Waals surface area (Å²) in [5.41, 5.74) is -0.422. The average molecular weight is 284 g/mol. The van der Waals surface area contributed by atoms with E-state index in [4.69, 9.17) is 4.74 Å². The first-order valence-electron chi connectivity index (χ1n) is 7.98. The van der Waals surface area contributed by atoms with E-state index in [0.717, 1.165) is 25.9 Å². The Hall–Kier alpha value is -0.770. The van der Waals surface area contributed by atoms with E-state index in [1.807, 2.05) is 27.8 Å². The second kappa shape index (κ2) is 7.30. The molecule has 0 aromatic carbocycles. The number of rotatable bonds is 4. The van der Waals surface area contributed by atoms with Gasteiger partial charge >= 0.3 is 6.09 Å². The van der Waals surface area contributed by atoms with Gasteiger partial charge in [0, 0.05) is 25.7 Å². The monoisotopic (exact) mass is 284 g/mol. The normalized spacial score (nSPS) is 21.1. The van der Waals surface area contributed by atoms with Crippen LogP contribution in [-0.2, 0) is 4.74 Å². The predicted octanol–water partition coefficient (Wildman–Crippen LogP) is 3.51. The van der Waals surface area contributed by atoms with Gasteiger partial charge in [-0.2, -0.15) is 0 Å². The highest BCUT2D eigenvalue weighted by molar-refractivity contribution is 5.68. The maximum atomic E-state index is 12.2. The van der Waals surface area contributed by atoms with Crippen molar-refractivity contribution in [3.8, 4) is 0 Å². The van der Waals surface area contributed by atoms with Crippen LogP contribution < -0.4 is 0 Å². The lowest BCUT2D eigenvalue weighted by Gasteiger charge is -2.41. The highest BCUT2D eigenvalue weighted by atomic mass is 16.6. The summed E-state index contributed by atoms with van der Waals surface area (Å²) < 4.78 is 5.47. The van der Waals surface area contributed by atoms with Crippen molar-refractivity contribution in [1.82, 2.24) is 9.80 Å². The van der Waals surface area contributed by atoms with Crippen LogP contribution in [0.1, 0.15) is 60.3 Å². The molecule has 0 N–H and O–H groups in total. The molecule has 0 saturated carbocycles. The standard InChI is InChI=1S/C16H32N2O2/c1-7-13(8-2)18-11-9-10-14(12-18)17(6)15(19)20-16(3,4)5/h13-14H,7-12H2,1-6H3/t14-/m0/s1. The van der Waals surface area contributed by atoms with Gasteiger partial charge in [-0.15, -0.1) is 0 Å². The number of carbonyl (C=O) groups excluding carboxylic acids is 1. The minimum Gasteiger partial charge on any atom is -0.444 e. The molecule has 1 fully saturated rings. The van der Waals surface area contributed by atoms with Crippen molar-refractivity contribution in [2.75, 3.05) is 20.1 Å². The summed E-state index contributed by atoms with van der Waals surface area (Å²) in [5.74, 6) is 0. The average Bonchev–Trinajstić information content (AvgIpc) is 2.37. The maximum Gasteiger partial charge on any atom is 0.410 e. The van der Waals surface area contributed by atoms with Gasteiger partial charge in [-0.25, -0.2) is 4.79 Å². The van der Waals surface area contributed by atoms with E-state index in [-0.39, 0.29) is 12.1 Å². The Bertz CT molecular complexity index is 308. The van der Waals surface area contributed by atoms with Gasteiger partial charge in [-0.1, -0.05) is 13.8 Å². The van der Waals surface area contributed by atoms with E-state index >= 15 is 0 Å². The molecule has 1 saturated heterocycles. The molecule has 4 heteroatoms. The summed E-state index contributed by atoms with van der Waals surface area (Å²) in [6.45, 7) is 12.4. The number of hydrogen-bond acceptors (Lipinski definition) is 3. The van der Waals surface area contributed by atoms with Crippen molar-refractivity contribution in [1.29, 1.82) is 0 Å². The minimum absolute atomic E-state index is 0.200. The van der Waals surface area contributed by atoms with E-state index in [1.165, 1.54) is 12.8 Å². The second-order valence-electron chi connectivity index (χ2n) is 6.85. The fraction of sp³-hybridized carbons (Fsp3) is 0.938. The molecule has 1 aliphatic heterocycles. The molecule has 1 amide bonds. The zero-order chi connectivity index (χ0) is 15.3. The lowest BCUT2D eigenvalue weighted by Crippen LogP contribution is -2.52. The van der Waals surface area contributed by atoms with Crippen LogP contribution in [0.15, 0.2) is 0 Å². The maximum absolute atomic E-state index is 12.2. The molecule has 118 valence electrons. The second-order valence-corrected chi connectivity index (χ2v) is 6.85. The van der Waals surface area contributed by atoms with E-state index in [9.17, 15) is 4.79 Å². The summed E-state index contributed by atoms with van der Waals surface area (Å²) in [5, 5.41) is 0. The molecule has 0 unspecified atom stereocenters. The van der Waals surface area contributed by atoms with Crippen LogP contribution in [0.3, 0.4) is 0 Å². The van der Waals surface area contributed by atoms with Crippen LogP contribution in [-0.4, -0.2) is 53.7 Å². The molecule has 1 atom stereocenters. The molecular weight excluding hydrogens is 252 g/mol. The molecule has 1 rings (SSSR count). The van der Waals surface area contributed by atoms with Gasteiger partial charge in [0.25, 0.3) is 0 Å². The van der Waals surface area contributed by atoms with Crippen molar-refractivity contribution < 1.29 is 9.53 Å². The van der Waals surface area contributed by atoms with Crippen molar-refractivity contribution in [3.63, 3.8) is 0 Å². The van der Waals surface area contributed by atoms with Crippen LogP contribution >= 0.6 is 0 Å². The van der Waals surface area contributed by atoms with Gasteiger partial charge in [0.1, 0.15) is 5.60 Å². The van der Waals surface area contributed by atoms with Gasteiger partial charge in [-0.05, 0) is 53.0 Å². The molecule has 1 aliphatic rings. The van der Waals surface area contributed by atoms with Crippen molar-refractivity contribution >= 4 is 6.09 Å². The van der Waals surface area contributed by atoms with Crippen LogP contribution in [0.25, 0.3) is 0 Å². The SMILES string of the molecule is CCC(CC)N1CCC[C@H](N(C)C(=O)OC(C)(C)C)C1. The van der Waals surface area contributed by atoms with Crippen LogP contribution in [0.2, 0.25) is 0 Å². The summed E-state index contributed by atoms with van der Waals surface area (Å²) in [6.07, 6.45) is 4.40. The Morgan fingerprint density at radius 3 is 2.45 bits per heavy atom. The van der Waals surface area contributed by atoms with Crippen molar-refractivity contribution in [2.45, 2.75) is 78.0 Å². The Morgan fingerprint density at radius 1 is 1.35 bits per heavy atom. The summed E-state index contributed by atoms with van der Waals surface area (Å²) in [4.78, 5) is 16.5. The van der Waals surface area contributed by atoms with Crippen LogP contribution in [0, 0.1) is 0 Å². The summed E-state index contributed by atoms with van der Waals surface area (Å²) >= 11 is 0. The van der Waals surface area contributed by atoms with Crippen LogP contribution in [0.4, 0.5) is 4.79 Å². The third-order valence-electron chi connectivity index (χ3n) is 4.12. The largest absolute Gasteiger partial charge is 0.444 e. The molecule has 0 spiro atoms. The molecule has 20 heavy (non-hydrogen) atoms. The van der Waals surface area contributed by atoms with Gasteiger partial charge in [0.15, 0.2) is 0 Å². The third-order valence-corrected chi connectivity index (χ3v) is 4.12. The van der Waals surface area contributed by atoms with Gasteiger partial charge in [0.05, 0.1) is 0 Å². The topological polar surface area (TPSA) is 32.8 Å². The molecule has 0 bridgehead atoms. The molecular formula is C16H32N2O2. The predicted molar refractivity (Wildman–Crippen MR) is 83.0 cm³/mol. The first kappa shape index (κ1) is 17.3. The fourth-order valence-electron chi connectivity index (χ4n) is 2.92. The summed E-state index contributed by atoms with van der Waals surface area (Å²) in [7, 11) is 1.87. The number of likely N-dealkylation sites (tertiary alicyclic amines) is 1. The zero-order valence-corrected chi connectivity index (χ0v) is 14.1. The van der Waals surface area contributed by atoms with E-state index < -0.39 is 5.60 Å². The Balaban J connectivity index is 2.60. The lowest BCUT2D eigenvalue weighted by molar-refractivity contribution is 0.00954. The first-order chi connectivity index (χ1) is 9.28. The van der Waals surface area contributed by atoms with Gasteiger partial charge < -0.3 is 9.64 Å². The first-order valence-corrected chi connectivity index (χ1v) is 7.98. The minimum atomic E-state index is -0.422. The number of likely N-dealkylation sites (N-methyl/N-ethyl adjacent to an activating group) is 1. The number of amides is 1. The van der Waals surface area contributed by atoms with Crippen molar-refractivity contribution in [2.24, 2.45) is 0 Å². The highest BCUT2D eigenvalue weighted by Gasteiger charge is 2.30. The Morgan fingerprint density at radius 2 is 1.95 bits per heavy atom. The van der Waals surface area contributed by atoms with E-state index in [0.29, 0.717) is 6.04 Å². The number of carbonyl (C=O) groups is 1. The Labute approximate surface area is 124 Å². The van der Waals surface area contributed by atoms with E-state index in [2.05, 4.69) is 18.7 Å². The number of ether oxygens (including phenoxy) is 1. The Kier molecular flexibility index (Phi) is 6.31. The number of nitrogens with zero attached hydrogens (tertiary/aromatic N) is 2. The van der Waals surface area contributed by atoms with Gasteiger partial charge in [-0.3, -0.25) is 4.90 Å². The van der Waals surface area contributed by atoms with Crippen LogP contribution in [0.5, 0.6) is 0 Å². The third kappa shape index (κ3) is 4.97. The summed E-state index contributed by atoms with van der Waals surface area (Å²) in [6, 6.07) is 0.920. The van der Waals surface area contributed by atoms with Crippen molar-refractivity contribution in [3.05, 3.63) is 0 Å². The zero-order valence-electron chi connectivity index (χ0n) is 14.1.